The second-order valence-corrected chi connectivity index (χ2v) is 4.74. The standard InChI is InChI=1S/C16H20N2O/c1-2-11-18-12-10-17-16(18)13-15(19)9-8-14-6-4-3-5-7-14/h3-7,10,12H,2,8-9,11,13H2,1H3. The lowest BCUT2D eigenvalue weighted by molar-refractivity contribution is -0.118. The van der Waals surface area contributed by atoms with Gasteiger partial charge < -0.3 is 4.57 Å². The molecule has 0 saturated carbocycles. The van der Waals surface area contributed by atoms with E-state index in [1.165, 1.54) is 5.56 Å². The molecule has 2 rings (SSSR count). The van der Waals surface area contributed by atoms with Crippen molar-refractivity contribution in [3.63, 3.8) is 0 Å². The van der Waals surface area contributed by atoms with Gasteiger partial charge in [-0.25, -0.2) is 4.98 Å². The molecule has 0 unspecified atom stereocenters. The molecule has 0 aliphatic rings. The van der Waals surface area contributed by atoms with E-state index >= 15 is 0 Å². The second-order valence-electron chi connectivity index (χ2n) is 4.74. The quantitative estimate of drug-likeness (QED) is 0.763. The minimum Gasteiger partial charge on any atom is -0.335 e. The Morgan fingerprint density at radius 2 is 2.05 bits per heavy atom. The first kappa shape index (κ1) is 13.5. The summed E-state index contributed by atoms with van der Waals surface area (Å²) in [6.45, 7) is 3.06. The fraction of sp³-hybridized carbons (Fsp3) is 0.375. The highest BCUT2D eigenvalue weighted by atomic mass is 16.1. The molecule has 0 spiro atoms. The molecule has 0 aliphatic carbocycles. The van der Waals surface area contributed by atoms with Gasteiger partial charge in [0.2, 0.25) is 0 Å². The molecular weight excluding hydrogens is 236 g/mol. The van der Waals surface area contributed by atoms with Gasteiger partial charge in [-0.2, -0.15) is 0 Å². The predicted molar refractivity (Wildman–Crippen MR) is 76.0 cm³/mol. The van der Waals surface area contributed by atoms with Gasteiger partial charge in [0.05, 0.1) is 6.42 Å². The lowest BCUT2D eigenvalue weighted by Crippen LogP contribution is -2.10. The molecule has 3 nitrogen and oxygen atoms in total. The normalized spacial score (nSPS) is 10.6. The van der Waals surface area contributed by atoms with E-state index in [-0.39, 0.29) is 5.78 Å². The van der Waals surface area contributed by atoms with E-state index in [0.717, 1.165) is 25.2 Å². The van der Waals surface area contributed by atoms with Gasteiger partial charge in [-0.05, 0) is 18.4 Å². The summed E-state index contributed by atoms with van der Waals surface area (Å²) in [4.78, 5) is 16.3. The summed E-state index contributed by atoms with van der Waals surface area (Å²) < 4.78 is 2.07. The highest BCUT2D eigenvalue weighted by molar-refractivity contribution is 5.80. The summed E-state index contributed by atoms with van der Waals surface area (Å²) in [5.74, 6) is 1.15. The Labute approximate surface area is 114 Å². The number of carbonyl (C=O) groups excluding carboxylic acids is 1. The molecule has 0 saturated heterocycles. The Kier molecular flexibility index (Phi) is 4.90. The lowest BCUT2D eigenvalue weighted by Gasteiger charge is -2.05. The van der Waals surface area contributed by atoms with Gasteiger partial charge in [-0.1, -0.05) is 37.3 Å². The van der Waals surface area contributed by atoms with E-state index in [4.69, 9.17) is 0 Å². The van der Waals surface area contributed by atoms with Crippen molar-refractivity contribution < 1.29 is 4.79 Å². The maximum atomic E-state index is 12.0. The van der Waals surface area contributed by atoms with Crippen molar-refractivity contribution in [3.8, 4) is 0 Å². The number of hydrogen-bond donors (Lipinski definition) is 0. The number of hydrogen-bond acceptors (Lipinski definition) is 2. The SMILES string of the molecule is CCCn1ccnc1CC(=O)CCc1ccccc1. The highest BCUT2D eigenvalue weighted by Crippen LogP contribution is 2.06. The van der Waals surface area contributed by atoms with Crippen LogP contribution in [-0.2, 0) is 24.2 Å². The number of rotatable bonds is 7. The third-order valence-electron chi connectivity index (χ3n) is 3.16. The Balaban J connectivity index is 1.85. The van der Waals surface area contributed by atoms with Crippen LogP contribution in [0, 0.1) is 0 Å². The summed E-state index contributed by atoms with van der Waals surface area (Å²) in [5, 5.41) is 0. The van der Waals surface area contributed by atoms with Crippen LogP contribution in [0.1, 0.15) is 31.2 Å². The van der Waals surface area contributed by atoms with Crippen molar-refractivity contribution in [1.82, 2.24) is 9.55 Å². The zero-order chi connectivity index (χ0) is 13.5. The van der Waals surface area contributed by atoms with Crippen LogP contribution in [0.4, 0.5) is 0 Å². The summed E-state index contributed by atoms with van der Waals surface area (Å²) in [6, 6.07) is 10.1. The van der Waals surface area contributed by atoms with Gasteiger partial charge in [0.15, 0.2) is 0 Å². The minimum absolute atomic E-state index is 0.257. The number of aryl methyl sites for hydroxylation is 2. The Hall–Kier alpha value is -1.90. The molecular formula is C16H20N2O. The number of nitrogens with zero attached hydrogens (tertiary/aromatic N) is 2. The van der Waals surface area contributed by atoms with E-state index in [1.807, 2.05) is 24.4 Å². The highest BCUT2D eigenvalue weighted by Gasteiger charge is 2.09. The zero-order valence-electron chi connectivity index (χ0n) is 11.4. The molecule has 0 aliphatic heterocycles. The molecule has 3 heteroatoms. The molecule has 1 aromatic heterocycles. The van der Waals surface area contributed by atoms with Crippen LogP contribution in [0.25, 0.3) is 0 Å². The molecule has 19 heavy (non-hydrogen) atoms. The summed E-state index contributed by atoms with van der Waals surface area (Å²) in [7, 11) is 0. The molecule has 1 heterocycles. The molecule has 1 aromatic carbocycles. The number of carbonyl (C=O) groups is 1. The van der Waals surface area contributed by atoms with Gasteiger partial charge >= 0.3 is 0 Å². The third kappa shape index (κ3) is 4.05. The van der Waals surface area contributed by atoms with E-state index < -0.39 is 0 Å². The van der Waals surface area contributed by atoms with Crippen LogP contribution < -0.4 is 0 Å². The minimum atomic E-state index is 0.257. The van der Waals surface area contributed by atoms with Gasteiger partial charge in [-0.3, -0.25) is 4.79 Å². The van der Waals surface area contributed by atoms with Crippen molar-refractivity contribution in [2.75, 3.05) is 0 Å². The van der Waals surface area contributed by atoms with Gasteiger partial charge in [0.25, 0.3) is 0 Å². The zero-order valence-corrected chi connectivity index (χ0v) is 11.4. The Morgan fingerprint density at radius 1 is 1.26 bits per heavy atom. The van der Waals surface area contributed by atoms with Crippen LogP contribution in [-0.4, -0.2) is 15.3 Å². The fourth-order valence-electron chi connectivity index (χ4n) is 2.14. The average molecular weight is 256 g/mol. The van der Waals surface area contributed by atoms with Gasteiger partial charge in [0.1, 0.15) is 11.6 Å². The van der Waals surface area contributed by atoms with Crippen molar-refractivity contribution in [3.05, 3.63) is 54.1 Å². The number of ketones is 1. The summed E-state index contributed by atoms with van der Waals surface area (Å²) in [6.07, 6.45) is 6.62. The lowest BCUT2D eigenvalue weighted by atomic mass is 10.1. The monoisotopic (exact) mass is 256 g/mol. The summed E-state index contributed by atoms with van der Waals surface area (Å²) in [5.41, 5.74) is 1.22. The van der Waals surface area contributed by atoms with Crippen LogP contribution >= 0.6 is 0 Å². The van der Waals surface area contributed by atoms with E-state index in [1.54, 1.807) is 6.20 Å². The maximum Gasteiger partial charge on any atom is 0.140 e. The maximum absolute atomic E-state index is 12.0. The van der Waals surface area contributed by atoms with Crippen LogP contribution in [0.3, 0.4) is 0 Å². The van der Waals surface area contributed by atoms with E-state index in [0.29, 0.717) is 12.8 Å². The third-order valence-corrected chi connectivity index (χ3v) is 3.16. The molecule has 2 aromatic rings. The Bertz CT molecular complexity index is 517. The topological polar surface area (TPSA) is 34.9 Å². The van der Waals surface area contributed by atoms with Gasteiger partial charge in [-0.15, -0.1) is 0 Å². The number of aromatic nitrogens is 2. The number of benzene rings is 1. The average Bonchev–Trinajstić information content (AvgIpc) is 2.85. The van der Waals surface area contributed by atoms with Crippen molar-refractivity contribution in [1.29, 1.82) is 0 Å². The smallest absolute Gasteiger partial charge is 0.140 e. The fourth-order valence-corrected chi connectivity index (χ4v) is 2.14. The molecule has 0 N–H and O–H groups in total. The first-order chi connectivity index (χ1) is 9.29. The van der Waals surface area contributed by atoms with Crippen molar-refractivity contribution in [2.45, 2.75) is 39.2 Å². The van der Waals surface area contributed by atoms with Gasteiger partial charge in [0, 0.05) is 25.4 Å². The van der Waals surface area contributed by atoms with Crippen LogP contribution in [0.15, 0.2) is 42.7 Å². The molecule has 0 bridgehead atoms. The van der Waals surface area contributed by atoms with E-state index in [2.05, 4.69) is 28.6 Å². The summed E-state index contributed by atoms with van der Waals surface area (Å²) >= 11 is 0. The van der Waals surface area contributed by atoms with Crippen LogP contribution in [0.5, 0.6) is 0 Å². The molecule has 0 amide bonds. The predicted octanol–water partition coefficient (Wildman–Crippen LogP) is 3.04. The van der Waals surface area contributed by atoms with E-state index in [9.17, 15) is 4.79 Å². The van der Waals surface area contributed by atoms with Crippen molar-refractivity contribution in [2.24, 2.45) is 0 Å². The number of Topliss-reactive ketones (excluding diaryl/α,β-unsaturated/α-hetero) is 1. The number of imidazole rings is 1. The largest absolute Gasteiger partial charge is 0.335 e. The van der Waals surface area contributed by atoms with Crippen LogP contribution in [0.2, 0.25) is 0 Å². The van der Waals surface area contributed by atoms with Crippen molar-refractivity contribution >= 4 is 5.78 Å². The molecule has 0 radical (unpaired) electrons. The second kappa shape index (κ2) is 6.88. The first-order valence-electron chi connectivity index (χ1n) is 6.85. The molecule has 100 valence electrons. The molecule has 0 atom stereocenters. The Morgan fingerprint density at radius 3 is 2.79 bits per heavy atom. The molecule has 0 fully saturated rings. The first-order valence-corrected chi connectivity index (χ1v) is 6.85.